The van der Waals surface area contributed by atoms with E-state index in [-0.39, 0.29) is 5.91 Å². The van der Waals surface area contributed by atoms with Crippen LogP contribution in [0.15, 0.2) is 39.5 Å². The molecule has 100 valence electrons. The van der Waals surface area contributed by atoms with Crippen molar-refractivity contribution < 1.29 is 9.21 Å². The van der Waals surface area contributed by atoms with Gasteiger partial charge >= 0.3 is 0 Å². The first-order valence-electron chi connectivity index (χ1n) is 6.31. The van der Waals surface area contributed by atoms with Crippen LogP contribution < -0.4 is 0 Å². The fourth-order valence-corrected chi connectivity index (χ4v) is 2.47. The predicted molar refractivity (Wildman–Crippen MR) is 74.7 cm³/mol. The molecule has 1 aliphatic rings. The zero-order valence-electron chi connectivity index (χ0n) is 10.7. The summed E-state index contributed by atoms with van der Waals surface area (Å²) in [6, 6.07) is 7.86. The Bertz CT molecular complexity index is 598. The van der Waals surface area contributed by atoms with E-state index in [1.807, 2.05) is 34.8 Å². The smallest absolute Gasteiger partial charge is 0.290 e. The van der Waals surface area contributed by atoms with Crippen LogP contribution in [-0.4, -0.2) is 21.4 Å². The number of aryl methyl sites for hydroxylation is 1. The summed E-state index contributed by atoms with van der Waals surface area (Å²) >= 11 is 3.23. The Labute approximate surface area is 120 Å². The number of hydrogen-bond donors (Lipinski definition) is 0. The lowest BCUT2D eigenvalue weighted by Crippen LogP contribution is -2.33. The number of amides is 1. The van der Waals surface area contributed by atoms with E-state index in [1.165, 1.54) is 0 Å². The fraction of sp³-hybridized carbons (Fsp3) is 0.357. The van der Waals surface area contributed by atoms with Gasteiger partial charge in [-0.1, -0.05) is 0 Å². The van der Waals surface area contributed by atoms with Gasteiger partial charge in [0.25, 0.3) is 5.91 Å². The van der Waals surface area contributed by atoms with Crippen LogP contribution in [-0.2, 0) is 13.6 Å². The topological polar surface area (TPSA) is 38.4 Å². The molecule has 2 heterocycles. The maximum absolute atomic E-state index is 12.5. The summed E-state index contributed by atoms with van der Waals surface area (Å²) in [7, 11) is 1.99. The van der Waals surface area contributed by atoms with E-state index in [2.05, 4.69) is 15.9 Å². The molecule has 0 atom stereocenters. The molecular formula is C14H15BrN2O2. The Morgan fingerprint density at radius 2 is 2.26 bits per heavy atom. The van der Waals surface area contributed by atoms with Gasteiger partial charge in [0.05, 0.1) is 6.54 Å². The Balaban J connectivity index is 1.81. The molecule has 0 aromatic carbocycles. The molecule has 19 heavy (non-hydrogen) atoms. The van der Waals surface area contributed by atoms with Crippen molar-refractivity contribution >= 4 is 21.8 Å². The van der Waals surface area contributed by atoms with Gasteiger partial charge in [-0.3, -0.25) is 4.79 Å². The quantitative estimate of drug-likeness (QED) is 0.867. The second kappa shape index (κ2) is 4.89. The van der Waals surface area contributed by atoms with E-state index in [1.54, 1.807) is 12.1 Å². The minimum Gasteiger partial charge on any atom is -0.444 e. The normalized spacial score (nSPS) is 14.6. The van der Waals surface area contributed by atoms with E-state index in [0.717, 1.165) is 18.5 Å². The van der Waals surface area contributed by atoms with Crippen LogP contribution in [0.2, 0.25) is 0 Å². The van der Waals surface area contributed by atoms with Crippen LogP contribution in [0.5, 0.6) is 0 Å². The van der Waals surface area contributed by atoms with Crippen molar-refractivity contribution in [3.8, 4) is 0 Å². The largest absolute Gasteiger partial charge is 0.444 e. The molecule has 1 fully saturated rings. The SMILES string of the molecule is Cn1cccc1CN(C(=O)c1ccc(Br)o1)C1CC1. The van der Waals surface area contributed by atoms with E-state index < -0.39 is 0 Å². The van der Waals surface area contributed by atoms with Gasteiger partial charge in [0.15, 0.2) is 10.4 Å². The van der Waals surface area contributed by atoms with Gasteiger partial charge in [0.2, 0.25) is 0 Å². The Morgan fingerprint density at radius 3 is 2.79 bits per heavy atom. The molecule has 0 unspecified atom stereocenters. The average Bonchev–Trinajstić information content (AvgIpc) is 3.01. The number of halogens is 1. The number of carbonyl (C=O) groups excluding carboxylic acids is 1. The van der Waals surface area contributed by atoms with Crippen LogP contribution in [0.3, 0.4) is 0 Å². The highest BCUT2D eigenvalue weighted by Crippen LogP contribution is 2.30. The molecule has 0 bridgehead atoms. The lowest BCUT2D eigenvalue weighted by molar-refractivity contribution is 0.0692. The molecule has 2 aromatic rings. The van der Waals surface area contributed by atoms with Crippen molar-refractivity contribution in [3.63, 3.8) is 0 Å². The standard InChI is InChI=1S/C14H15BrN2O2/c1-16-8-2-3-11(16)9-17(10-4-5-10)14(18)12-6-7-13(15)19-12/h2-3,6-8,10H,4-5,9H2,1H3. The van der Waals surface area contributed by atoms with Crippen molar-refractivity contribution in [1.29, 1.82) is 0 Å². The van der Waals surface area contributed by atoms with Gasteiger partial charge in [-0.05, 0) is 53.0 Å². The number of hydrogen-bond acceptors (Lipinski definition) is 2. The molecule has 1 amide bonds. The monoisotopic (exact) mass is 322 g/mol. The molecule has 2 aromatic heterocycles. The van der Waals surface area contributed by atoms with Crippen LogP contribution in [0.4, 0.5) is 0 Å². The van der Waals surface area contributed by atoms with E-state index >= 15 is 0 Å². The zero-order valence-corrected chi connectivity index (χ0v) is 12.3. The van der Waals surface area contributed by atoms with Crippen molar-refractivity contribution in [3.05, 3.63) is 46.6 Å². The van der Waals surface area contributed by atoms with Gasteiger partial charge in [-0.25, -0.2) is 0 Å². The van der Waals surface area contributed by atoms with Crippen LogP contribution in [0, 0.1) is 0 Å². The molecule has 4 nitrogen and oxygen atoms in total. The Hall–Kier alpha value is -1.49. The summed E-state index contributed by atoms with van der Waals surface area (Å²) in [6.45, 7) is 0.630. The summed E-state index contributed by atoms with van der Waals surface area (Å²) < 4.78 is 8.00. The maximum Gasteiger partial charge on any atom is 0.290 e. The minimum absolute atomic E-state index is 0.0330. The Morgan fingerprint density at radius 1 is 1.47 bits per heavy atom. The molecule has 0 aliphatic heterocycles. The molecule has 1 aliphatic carbocycles. The average molecular weight is 323 g/mol. The number of carbonyl (C=O) groups is 1. The van der Waals surface area contributed by atoms with Gasteiger partial charge in [-0.15, -0.1) is 0 Å². The highest BCUT2D eigenvalue weighted by molar-refractivity contribution is 9.10. The summed E-state index contributed by atoms with van der Waals surface area (Å²) in [5.74, 6) is 0.363. The van der Waals surface area contributed by atoms with Gasteiger partial charge in [-0.2, -0.15) is 0 Å². The third-order valence-electron chi connectivity index (χ3n) is 3.42. The molecular weight excluding hydrogens is 308 g/mol. The lowest BCUT2D eigenvalue weighted by atomic mass is 10.3. The summed E-state index contributed by atoms with van der Waals surface area (Å²) in [6.07, 6.45) is 4.16. The zero-order chi connectivity index (χ0) is 13.4. The van der Waals surface area contributed by atoms with E-state index in [9.17, 15) is 4.79 Å². The first-order valence-corrected chi connectivity index (χ1v) is 7.11. The third kappa shape index (κ3) is 2.61. The molecule has 0 spiro atoms. The van der Waals surface area contributed by atoms with Crippen LogP contribution >= 0.6 is 15.9 Å². The summed E-state index contributed by atoms with van der Waals surface area (Å²) in [5.41, 5.74) is 1.13. The van der Waals surface area contributed by atoms with Crippen molar-refractivity contribution in [2.45, 2.75) is 25.4 Å². The summed E-state index contributed by atoms with van der Waals surface area (Å²) in [5, 5.41) is 0. The number of rotatable bonds is 4. The second-order valence-electron chi connectivity index (χ2n) is 4.88. The molecule has 0 N–H and O–H groups in total. The minimum atomic E-state index is -0.0330. The highest BCUT2D eigenvalue weighted by atomic mass is 79.9. The maximum atomic E-state index is 12.5. The molecule has 3 rings (SSSR count). The fourth-order valence-electron chi connectivity index (χ4n) is 2.16. The van der Waals surface area contributed by atoms with E-state index in [4.69, 9.17) is 4.42 Å². The summed E-state index contributed by atoms with van der Waals surface area (Å²) in [4.78, 5) is 14.4. The lowest BCUT2D eigenvalue weighted by Gasteiger charge is -2.21. The van der Waals surface area contributed by atoms with Crippen LogP contribution in [0.25, 0.3) is 0 Å². The molecule has 0 saturated heterocycles. The van der Waals surface area contributed by atoms with Gasteiger partial charge < -0.3 is 13.9 Å². The van der Waals surface area contributed by atoms with Crippen molar-refractivity contribution in [1.82, 2.24) is 9.47 Å². The van der Waals surface area contributed by atoms with Crippen molar-refractivity contribution in [2.24, 2.45) is 7.05 Å². The third-order valence-corrected chi connectivity index (χ3v) is 3.84. The van der Waals surface area contributed by atoms with Gasteiger partial charge in [0.1, 0.15) is 0 Å². The molecule has 5 heteroatoms. The second-order valence-corrected chi connectivity index (χ2v) is 5.66. The molecule has 0 radical (unpaired) electrons. The van der Waals surface area contributed by atoms with Gasteiger partial charge in [0, 0.05) is 25.0 Å². The first kappa shape index (κ1) is 12.5. The molecule has 1 saturated carbocycles. The first-order chi connectivity index (χ1) is 9.15. The van der Waals surface area contributed by atoms with Crippen LogP contribution in [0.1, 0.15) is 29.1 Å². The predicted octanol–water partition coefficient (Wildman–Crippen LogP) is 3.19. The highest BCUT2D eigenvalue weighted by Gasteiger charge is 2.34. The Kier molecular flexibility index (Phi) is 3.22. The van der Waals surface area contributed by atoms with Crippen molar-refractivity contribution in [2.75, 3.05) is 0 Å². The number of furan rings is 1. The number of aromatic nitrogens is 1. The van der Waals surface area contributed by atoms with E-state index in [0.29, 0.717) is 23.0 Å². The number of nitrogens with zero attached hydrogens (tertiary/aromatic N) is 2.